The molecule has 16 rings (SSSR count). The van der Waals surface area contributed by atoms with Crippen molar-refractivity contribution in [2.24, 2.45) is 32.7 Å². The Morgan fingerprint density at radius 3 is 0.911 bits per heavy atom. The molecule has 90 heavy (non-hydrogen) atoms. The van der Waals surface area contributed by atoms with Crippen LogP contribution in [-0.2, 0) is 35.5 Å². The molecule has 7 aromatic rings. The highest BCUT2D eigenvalue weighted by molar-refractivity contribution is 5.93. The molecule has 0 spiro atoms. The van der Waals surface area contributed by atoms with Crippen LogP contribution in [0.4, 0.5) is 34.1 Å². The van der Waals surface area contributed by atoms with E-state index in [0.29, 0.717) is 54.0 Å². The lowest BCUT2D eigenvalue weighted by molar-refractivity contribution is 0.0912. The van der Waals surface area contributed by atoms with E-state index < -0.39 is 0 Å². The van der Waals surface area contributed by atoms with Crippen molar-refractivity contribution in [3.63, 3.8) is 0 Å². The van der Waals surface area contributed by atoms with Gasteiger partial charge in [-0.05, 0) is 290 Å². The van der Waals surface area contributed by atoms with Crippen molar-refractivity contribution in [2.75, 3.05) is 55.2 Å². The summed E-state index contributed by atoms with van der Waals surface area (Å²) in [7, 11) is 0. The first-order chi connectivity index (χ1) is 43.7. The number of nitrogens with one attached hydrogen (secondary N) is 3. The Morgan fingerprint density at radius 2 is 0.622 bits per heavy atom. The van der Waals surface area contributed by atoms with Gasteiger partial charge >= 0.3 is 0 Å². The lowest BCUT2D eigenvalue weighted by atomic mass is 9.63. The Bertz CT molecular complexity index is 3500. The normalized spacial score (nSPS) is 27.7. The predicted octanol–water partition coefficient (Wildman–Crippen LogP) is 16.4. The van der Waals surface area contributed by atoms with Gasteiger partial charge in [0.1, 0.15) is 0 Å². The largest absolute Gasteiger partial charge is 0.380 e. The topological polar surface area (TPSA) is 82.9 Å². The summed E-state index contributed by atoms with van der Waals surface area (Å²) in [5, 5.41) is 12.2. The van der Waals surface area contributed by atoms with Crippen LogP contribution >= 0.6 is 0 Å². The molecular formula is C81H93N9. The van der Waals surface area contributed by atoms with Crippen molar-refractivity contribution in [3.8, 4) is 0 Å². The first kappa shape index (κ1) is 58.0. The fourth-order valence-electron chi connectivity index (χ4n) is 19.3. The molecule has 9 aliphatic rings. The summed E-state index contributed by atoms with van der Waals surface area (Å²) in [6.45, 7) is 22.5. The summed E-state index contributed by atoms with van der Waals surface area (Å²) < 4.78 is 0. The van der Waals surface area contributed by atoms with Crippen LogP contribution in [0.2, 0.25) is 0 Å². The number of benzene rings is 7. The van der Waals surface area contributed by atoms with Crippen molar-refractivity contribution in [2.45, 2.75) is 171 Å². The van der Waals surface area contributed by atoms with Crippen molar-refractivity contribution in [1.82, 2.24) is 14.7 Å². The van der Waals surface area contributed by atoms with Gasteiger partial charge in [0.15, 0.2) is 0 Å². The third-order valence-corrected chi connectivity index (χ3v) is 24.2. The van der Waals surface area contributed by atoms with Crippen molar-refractivity contribution >= 4 is 52.8 Å². The highest BCUT2D eigenvalue weighted by atomic mass is 15.2. The van der Waals surface area contributed by atoms with Gasteiger partial charge in [0.2, 0.25) is 0 Å². The number of piperidine rings is 3. The Labute approximate surface area is 536 Å². The summed E-state index contributed by atoms with van der Waals surface area (Å²) in [4.78, 5) is 23.4. The quantitative estimate of drug-likeness (QED) is 0.106. The summed E-state index contributed by atoms with van der Waals surface area (Å²) in [6.07, 6.45) is 20.4. The summed E-state index contributed by atoms with van der Waals surface area (Å²) in [5.41, 5.74) is 22.6. The highest BCUT2D eigenvalue weighted by Crippen LogP contribution is 2.53. The minimum atomic E-state index is 0.133. The molecule has 3 N–H and O–H groups in total. The summed E-state index contributed by atoms with van der Waals surface area (Å²) in [5.74, 6) is 1.96. The molecule has 0 unspecified atom stereocenters. The first-order valence-corrected chi connectivity index (χ1v) is 34.7. The van der Waals surface area contributed by atoms with E-state index in [1.165, 1.54) is 164 Å². The van der Waals surface area contributed by atoms with Crippen LogP contribution in [-0.4, -0.2) is 109 Å². The average Bonchev–Trinajstić information content (AvgIpc) is 1.19. The van der Waals surface area contributed by atoms with Gasteiger partial charge < -0.3 is 16.0 Å². The van der Waals surface area contributed by atoms with E-state index in [1.807, 2.05) is 18.6 Å². The zero-order chi connectivity index (χ0) is 60.9. The van der Waals surface area contributed by atoms with Gasteiger partial charge in [-0.3, -0.25) is 29.7 Å². The van der Waals surface area contributed by atoms with E-state index in [4.69, 9.17) is 15.0 Å². The minimum Gasteiger partial charge on any atom is -0.380 e. The fourth-order valence-corrected chi connectivity index (χ4v) is 19.3. The van der Waals surface area contributed by atoms with Gasteiger partial charge in [-0.2, -0.15) is 0 Å². The van der Waals surface area contributed by atoms with Crippen LogP contribution in [0, 0.1) is 17.8 Å². The van der Waals surface area contributed by atoms with E-state index in [0.717, 1.165) is 53.0 Å². The molecule has 9 nitrogen and oxygen atoms in total. The zero-order valence-electron chi connectivity index (χ0n) is 54.2. The van der Waals surface area contributed by atoms with Gasteiger partial charge in [-0.15, -0.1) is 0 Å². The number of hydrogen-bond donors (Lipinski definition) is 3. The Morgan fingerprint density at radius 1 is 0.344 bits per heavy atom. The van der Waals surface area contributed by atoms with Crippen LogP contribution in [0.5, 0.6) is 0 Å². The monoisotopic (exact) mass is 1190 g/mol. The molecule has 7 aromatic carbocycles. The molecule has 9 atom stereocenters. The third kappa shape index (κ3) is 10.9. The number of rotatable bonds is 12. The molecule has 0 radical (unpaired) electrons. The van der Waals surface area contributed by atoms with Crippen molar-refractivity contribution in [3.05, 3.63) is 212 Å². The molecule has 9 heterocycles. The number of anilines is 3. The molecule has 0 aromatic heterocycles. The molecule has 0 bridgehead atoms. The average molecular weight is 1190 g/mol. The second kappa shape index (κ2) is 23.2. The van der Waals surface area contributed by atoms with Crippen LogP contribution in [0.25, 0.3) is 0 Å². The van der Waals surface area contributed by atoms with Crippen molar-refractivity contribution < 1.29 is 0 Å². The maximum Gasteiger partial charge on any atom is 0.0630 e. The summed E-state index contributed by atoms with van der Waals surface area (Å²) >= 11 is 0. The molecule has 9 aliphatic heterocycles. The lowest BCUT2D eigenvalue weighted by Crippen LogP contribution is -2.59. The molecule has 6 saturated heterocycles. The second-order valence-electron chi connectivity index (χ2n) is 30.5. The van der Waals surface area contributed by atoms with E-state index in [-0.39, 0.29) is 16.2 Å². The Hall–Kier alpha value is -7.17. The van der Waals surface area contributed by atoms with Crippen molar-refractivity contribution in [1.29, 1.82) is 0 Å². The Kier molecular flexibility index (Phi) is 14.9. The maximum atomic E-state index is 5.06. The van der Waals surface area contributed by atoms with Gasteiger partial charge in [0.25, 0.3) is 0 Å². The molecule has 0 amide bonds. The highest BCUT2D eigenvalue weighted by Gasteiger charge is 2.53. The number of aliphatic imine (C=N–C) groups is 3. The van der Waals surface area contributed by atoms with E-state index in [2.05, 4.69) is 218 Å². The number of hydrogen-bond acceptors (Lipinski definition) is 9. The van der Waals surface area contributed by atoms with E-state index in [9.17, 15) is 0 Å². The van der Waals surface area contributed by atoms with Crippen LogP contribution < -0.4 is 16.0 Å². The molecule has 462 valence electrons. The SMILES string of the molecule is CC1(C)c2cc(Cc3ccc(N=Cc4cc(C=Nc5ccc(Cc6ccc7c(c6)C(C)(C)[C@H]6CCN8CCC[C@H]8[C@H]6N7)cc5)cc(C=Nc5ccc(Cc6ccc7c(c6)C(C)(C)[C@H]6CCN8CCC[C@H]8[C@H]6N7)cc5)c4)cc3)ccc2N[C@@H]2[C@@H]3CCCN3CC[C@@H]21. The van der Waals surface area contributed by atoms with Crippen LogP contribution in [0.15, 0.2) is 161 Å². The third-order valence-electron chi connectivity index (χ3n) is 24.2. The van der Waals surface area contributed by atoms with E-state index >= 15 is 0 Å². The minimum absolute atomic E-state index is 0.133. The number of fused-ring (bicyclic) bond motifs is 12. The molecular weight excluding hydrogens is 1100 g/mol. The predicted molar refractivity (Wildman–Crippen MR) is 375 cm³/mol. The number of nitrogens with zero attached hydrogens (tertiary/aromatic N) is 6. The van der Waals surface area contributed by atoms with Gasteiger partial charge in [-0.25, -0.2) is 0 Å². The zero-order valence-corrected chi connectivity index (χ0v) is 54.2. The van der Waals surface area contributed by atoms with Gasteiger partial charge in [0, 0.05) is 72.0 Å². The second-order valence-corrected chi connectivity index (χ2v) is 30.5. The van der Waals surface area contributed by atoms with Gasteiger partial charge in [-0.1, -0.05) is 114 Å². The molecule has 0 aliphatic carbocycles. The van der Waals surface area contributed by atoms with Crippen LogP contribution in [0.3, 0.4) is 0 Å². The molecule has 6 fully saturated rings. The lowest BCUT2D eigenvalue weighted by Gasteiger charge is -2.53. The van der Waals surface area contributed by atoms with E-state index in [1.54, 1.807) is 0 Å². The fraction of sp³-hybridized carbons (Fsp3) is 0.444. The first-order valence-electron chi connectivity index (χ1n) is 34.7. The molecule has 0 saturated carbocycles. The van der Waals surface area contributed by atoms with Crippen LogP contribution in [0.1, 0.15) is 166 Å². The molecule has 9 heteroatoms. The Balaban J connectivity index is 0.618. The smallest absolute Gasteiger partial charge is 0.0630 e. The standard InChI is InChI=1S/C81H93N9/c1-79(2)64-31-37-88-34-7-10-73(88)76(64)85-70-28-19-55(46-67(70)79)40-52-13-22-61(23-14-52)82-49-58-43-59(50-83-62-24-15-53(16-25-62)41-56-20-29-71-68(47-56)80(3,4)65-32-38-89-35-8-11-74(89)77(65)86-71)45-60(44-58)51-84-63-26-17-54(18-27-63)42-57-21-30-72-69(48-57)81(5,6)66-33-39-90-36-9-12-75(90)78(66)87-72/h13-30,43-51,64-66,73-78,85-87H,7-12,31-42H2,1-6H3/t64-,65-,66-,73-,74-,75-,76-,77-,78-/m0/s1. The summed E-state index contributed by atoms with van der Waals surface area (Å²) in [6, 6.07) is 58.2. The van der Waals surface area contributed by atoms with Gasteiger partial charge in [0.05, 0.1) is 17.1 Å². The maximum absolute atomic E-state index is 5.06.